The van der Waals surface area contributed by atoms with Gasteiger partial charge in [0, 0.05) is 0 Å². The SMILES string of the molecule is CC[C@H](C)[C@H](NC(=O)C(C)(c1ccc(O)cc1)c1ccc(O)cc1)C(=O)O. The number of carbonyl (C=O) groups excluding carboxylic acids is 1. The lowest BCUT2D eigenvalue weighted by Crippen LogP contribution is -2.52. The van der Waals surface area contributed by atoms with Gasteiger partial charge in [0.25, 0.3) is 0 Å². The van der Waals surface area contributed by atoms with Crippen molar-refractivity contribution >= 4 is 11.9 Å². The van der Waals surface area contributed by atoms with Gasteiger partial charge >= 0.3 is 5.97 Å². The van der Waals surface area contributed by atoms with E-state index in [0.29, 0.717) is 17.5 Å². The number of amides is 1. The monoisotopic (exact) mass is 371 g/mol. The molecule has 144 valence electrons. The summed E-state index contributed by atoms with van der Waals surface area (Å²) in [6.45, 7) is 5.33. The molecule has 27 heavy (non-hydrogen) atoms. The van der Waals surface area contributed by atoms with Crippen molar-refractivity contribution in [2.75, 3.05) is 0 Å². The van der Waals surface area contributed by atoms with Gasteiger partial charge in [-0.15, -0.1) is 0 Å². The molecule has 4 N–H and O–H groups in total. The molecule has 0 saturated heterocycles. The van der Waals surface area contributed by atoms with Gasteiger partial charge in [-0.05, 0) is 48.2 Å². The number of phenolic OH excluding ortho intramolecular Hbond substituents is 2. The first-order valence-corrected chi connectivity index (χ1v) is 8.83. The second kappa shape index (κ2) is 8.12. The van der Waals surface area contributed by atoms with Crippen molar-refractivity contribution in [3.63, 3.8) is 0 Å². The summed E-state index contributed by atoms with van der Waals surface area (Å²) in [5, 5.41) is 31.4. The van der Waals surface area contributed by atoms with Gasteiger partial charge in [0.15, 0.2) is 0 Å². The molecule has 2 atom stereocenters. The van der Waals surface area contributed by atoms with Crippen molar-refractivity contribution in [2.45, 2.75) is 38.6 Å². The fraction of sp³-hybridized carbons (Fsp3) is 0.333. The number of aromatic hydroxyl groups is 2. The minimum atomic E-state index is -1.21. The highest BCUT2D eigenvalue weighted by Gasteiger charge is 2.40. The van der Waals surface area contributed by atoms with Crippen LogP contribution in [0.4, 0.5) is 0 Å². The molecule has 0 aliphatic carbocycles. The number of carboxylic acid groups (broad SMARTS) is 1. The molecule has 1 amide bonds. The van der Waals surface area contributed by atoms with E-state index in [1.54, 1.807) is 38.1 Å². The number of nitrogens with one attached hydrogen (secondary N) is 1. The molecule has 0 fully saturated rings. The van der Waals surface area contributed by atoms with Crippen molar-refractivity contribution in [3.8, 4) is 11.5 Å². The number of rotatable bonds is 7. The second-order valence-corrected chi connectivity index (χ2v) is 6.89. The lowest BCUT2D eigenvalue weighted by Gasteiger charge is -2.32. The molecule has 0 radical (unpaired) electrons. The van der Waals surface area contributed by atoms with Crippen LogP contribution in [0.25, 0.3) is 0 Å². The van der Waals surface area contributed by atoms with E-state index in [1.165, 1.54) is 24.3 Å². The number of carboxylic acids is 1. The molecule has 2 rings (SSSR count). The highest BCUT2D eigenvalue weighted by atomic mass is 16.4. The topological polar surface area (TPSA) is 107 Å². The molecule has 0 aromatic heterocycles. The molecule has 0 unspecified atom stereocenters. The Balaban J connectivity index is 2.51. The zero-order chi connectivity index (χ0) is 20.2. The van der Waals surface area contributed by atoms with E-state index >= 15 is 0 Å². The quantitative estimate of drug-likeness (QED) is 0.598. The number of aliphatic carboxylic acids is 1. The van der Waals surface area contributed by atoms with Gasteiger partial charge in [-0.25, -0.2) is 4.79 Å². The largest absolute Gasteiger partial charge is 0.508 e. The van der Waals surface area contributed by atoms with E-state index in [1.807, 2.05) is 6.92 Å². The third-order valence-corrected chi connectivity index (χ3v) is 5.11. The van der Waals surface area contributed by atoms with E-state index in [0.717, 1.165) is 0 Å². The molecular formula is C21H25NO5. The Morgan fingerprint density at radius 1 is 0.963 bits per heavy atom. The van der Waals surface area contributed by atoms with Crippen molar-refractivity contribution in [1.82, 2.24) is 5.32 Å². The first-order chi connectivity index (χ1) is 12.7. The van der Waals surface area contributed by atoms with Crippen molar-refractivity contribution < 1.29 is 24.9 Å². The van der Waals surface area contributed by atoms with E-state index in [9.17, 15) is 24.9 Å². The molecule has 0 heterocycles. The lowest BCUT2D eigenvalue weighted by molar-refractivity contribution is -0.144. The second-order valence-electron chi connectivity index (χ2n) is 6.89. The summed E-state index contributed by atoms with van der Waals surface area (Å²) in [6, 6.07) is 11.4. The molecule has 0 aliphatic rings. The lowest BCUT2D eigenvalue weighted by atomic mass is 9.75. The average molecular weight is 371 g/mol. The minimum absolute atomic E-state index is 0.0650. The average Bonchev–Trinajstić information content (AvgIpc) is 2.65. The Morgan fingerprint density at radius 3 is 1.70 bits per heavy atom. The van der Waals surface area contributed by atoms with Gasteiger partial charge in [-0.1, -0.05) is 44.5 Å². The number of carbonyl (C=O) groups is 2. The molecule has 0 aliphatic heterocycles. The third kappa shape index (κ3) is 4.22. The van der Waals surface area contributed by atoms with Gasteiger partial charge in [-0.3, -0.25) is 4.79 Å². The molecule has 6 nitrogen and oxygen atoms in total. The molecular weight excluding hydrogens is 346 g/mol. The highest BCUT2D eigenvalue weighted by molar-refractivity contribution is 5.94. The van der Waals surface area contributed by atoms with E-state index in [-0.39, 0.29) is 17.4 Å². The summed E-state index contributed by atoms with van der Waals surface area (Å²) in [4.78, 5) is 24.9. The van der Waals surface area contributed by atoms with Gasteiger partial charge in [-0.2, -0.15) is 0 Å². The van der Waals surface area contributed by atoms with Gasteiger partial charge in [0.05, 0.1) is 5.41 Å². The summed E-state index contributed by atoms with van der Waals surface area (Å²) in [6.07, 6.45) is 0.604. The van der Waals surface area contributed by atoms with Crippen LogP contribution >= 0.6 is 0 Å². The van der Waals surface area contributed by atoms with Crippen molar-refractivity contribution in [2.24, 2.45) is 5.92 Å². The Labute approximate surface area is 158 Å². The van der Waals surface area contributed by atoms with Gasteiger partial charge in [0.1, 0.15) is 17.5 Å². The normalized spacial score (nSPS) is 13.6. The van der Waals surface area contributed by atoms with Crippen LogP contribution < -0.4 is 5.32 Å². The molecule has 0 saturated carbocycles. The van der Waals surface area contributed by atoms with Crippen molar-refractivity contribution in [1.29, 1.82) is 0 Å². The maximum atomic E-state index is 13.3. The Hall–Kier alpha value is -3.02. The Bertz CT molecular complexity index is 753. The summed E-state index contributed by atoms with van der Waals surface area (Å²) in [7, 11) is 0. The minimum Gasteiger partial charge on any atom is -0.508 e. The van der Waals surface area contributed by atoms with Crippen LogP contribution in [-0.4, -0.2) is 33.2 Å². The van der Waals surface area contributed by atoms with Crippen LogP contribution in [0, 0.1) is 5.92 Å². The van der Waals surface area contributed by atoms with Gasteiger partial charge in [0.2, 0.25) is 5.91 Å². The maximum Gasteiger partial charge on any atom is 0.326 e. The predicted octanol–water partition coefficient (Wildman–Crippen LogP) is 3.02. The van der Waals surface area contributed by atoms with Crippen LogP contribution in [0.1, 0.15) is 38.3 Å². The van der Waals surface area contributed by atoms with Gasteiger partial charge < -0.3 is 20.6 Å². The summed E-state index contributed by atoms with van der Waals surface area (Å²) >= 11 is 0. The first kappa shape index (κ1) is 20.3. The summed E-state index contributed by atoms with van der Waals surface area (Å²) in [5.41, 5.74) is -0.0173. The number of benzene rings is 2. The van der Waals surface area contributed by atoms with Crippen molar-refractivity contribution in [3.05, 3.63) is 59.7 Å². The molecule has 6 heteroatoms. The molecule has 0 bridgehead atoms. The summed E-state index contributed by atoms with van der Waals surface area (Å²) in [5.74, 6) is -1.66. The fourth-order valence-electron chi connectivity index (χ4n) is 2.99. The number of hydrogen-bond acceptors (Lipinski definition) is 4. The third-order valence-electron chi connectivity index (χ3n) is 5.11. The van der Waals surface area contributed by atoms with Crippen LogP contribution in [-0.2, 0) is 15.0 Å². The molecule has 2 aromatic rings. The van der Waals surface area contributed by atoms with E-state index in [4.69, 9.17) is 0 Å². The zero-order valence-corrected chi connectivity index (χ0v) is 15.6. The van der Waals surface area contributed by atoms with E-state index in [2.05, 4.69) is 5.32 Å². The maximum absolute atomic E-state index is 13.3. The van der Waals surface area contributed by atoms with Crippen LogP contribution in [0.3, 0.4) is 0 Å². The standard InChI is InChI=1S/C21H25NO5/c1-4-13(2)18(19(25)26)22-20(27)21(3,14-5-9-16(23)10-6-14)15-7-11-17(24)12-8-15/h5-13,18,23-24H,4H2,1-3H3,(H,22,27)(H,25,26)/t13-,18-/m0/s1. The Kier molecular flexibility index (Phi) is 6.10. The predicted molar refractivity (Wildman–Crippen MR) is 102 cm³/mol. The number of phenols is 2. The smallest absolute Gasteiger partial charge is 0.326 e. The summed E-state index contributed by atoms with van der Waals surface area (Å²) < 4.78 is 0. The van der Waals surface area contributed by atoms with Crippen LogP contribution in [0.15, 0.2) is 48.5 Å². The fourth-order valence-corrected chi connectivity index (χ4v) is 2.99. The number of hydrogen-bond donors (Lipinski definition) is 4. The van der Waals surface area contributed by atoms with Crippen LogP contribution in [0.5, 0.6) is 11.5 Å². The first-order valence-electron chi connectivity index (χ1n) is 8.83. The molecule has 0 spiro atoms. The molecule has 2 aromatic carbocycles. The highest BCUT2D eigenvalue weighted by Crippen LogP contribution is 2.34. The van der Waals surface area contributed by atoms with Crippen LogP contribution in [0.2, 0.25) is 0 Å². The van der Waals surface area contributed by atoms with E-state index < -0.39 is 23.3 Å². The Morgan fingerprint density at radius 2 is 1.37 bits per heavy atom. The zero-order valence-electron chi connectivity index (χ0n) is 15.6.